The molecular formula is C13H17BrO2. The quantitative estimate of drug-likeness (QED) is 0.469. The molecule has 0 aliphatic carbocycles. The molecule has 0 N–H and O–H groups in total. The fourth-order valence-corrected chi connectivity index (χ4v) is 1.86. The molecule has 88 valence electrons. The molecule has 1 rings (SSSR count). The van der Waals surface area contributed by atoms with Gasteiger partial charge in [-0.1, -0.05) is 48.8 Å². The number of rotatable bonds is 2. The molecule has 16 heavy (non-hydrogen) atoms. The Kier molecular flexibility index (Phi) is 4.14. The molecule has 0 atom stereocenters. The molecule has 0 amide bonds. The average molecular weight is 285 g/mol. The highest BCUT2D eigenvalue weighted by atomic mass is 79.9. The number of hydrogen-bond acceptors (Lipinski definition) is 2. The van der Waals surface area contributed by atoms with Gasteiger partial charge < -0.3 is 4.74 Å². The largest absolute Gasteiger partial charge is 0.426 e. The van der Waals surface area contributed by atoms with Crippen LogP contribution in [0.4, 0.5) is 0 Å². The van der Waals surface area contributed by atoms with E-state index in [1.807, 2.05) is 18.2 Å². The first-order chi connectivity index (χ1) is 7.34. The highest BCUT2D eigenvalue weighted by Gasteiger charge is 2.20. The average Bonchev–Trinajstić information content (AvgIpc) is 2.14. The molecule has 0 aliphatic rings. The van der Waals surface area contributed by atoms with Crippen molar-refractivity contribution in [1.82, 2.24) is 0 Å². The Morgan fingerprint density at radius 2 is 2.00 bits per heavy atom. The fourth-order valence-electron chi connectivity index (χ4n) is 1.51. The fraction of sp³-hybridized carbons (Fsp3) is 0.462. The van der Waals surface area contributed by atoms with Crippen molar-refractivity contribution in [3.8, 4) is 5.75 Å². The van der Waals surface area contributed by atoms with E-state index in [-0.39, 0.29) is 11.4 Å². The van der Waals surface area contributed by atoms with Gasteiger partial charge in [0.15, 0.2) is 0 Å². The Morgan fingerprint density at radius 1 is 1.38 bits per heavy atom. The van der Waals surface area contributed by atoms with Crippen LogP contribution >= 0.6 is 15.9 Å². The predicted molar refractivity (Wildman–Crippen MR) is 69.1 cm³/mol. The second-order valence-electron chi connectivity index (χ2n) is 4.81. The third-order valence-electron chi connectivity index (χ3n) is 2.26. The number of carbonyl (C=O) groups is 1. The lowest BCUT2D eigenvalue weighted by Crippen LogP contribution is -2.15. The van der Waals surface area contributed by atoms with Gasteiger partial charge in [0.1, 0.15) is 5.75 Å². The molecule has 0 radical (unpaired) electrons. The number of carbonyl (C=O) groups excluding carboxylic acids is 1. The summed E-state index contributed by atoms with van der Waals surface area (Å²) < 4.78 is 5.25. The molecule has 0 unspecified atom stereocenters. The summed E-state index contributed by atoms with van der Waals surface area (Å²) in [7, 11) is 0. The predicted octanol–water partition coefficient (Wildman–Crippen LogP) is 3.80. The number of ether oxygens (including phenoxy) is 1. The number of esters is 1. The van der Waals surface area contributed by atoms with Crippen molar-refractivity contribution in [2.45, 2.75) is 38.4 Å². The van der Waals surface area contributed by atoms with Gasteiger partial charge in [0.2, 0.25) is 0 Å². The zero-order chi connectivity index (χ0) is 12.3. The van der Waals surface area contributed by atoms with Crippen LogP contribution in [0.1, 0.15) is 38.8 Å². The van der Waals surface area contributed by atoms with Crippen LogP contribution in [-0.4, -0.2) is 5.97 Å². The highest BCUT2D eigenvalue weighted by molar-refractivity contribution is 9.08. The lowest BCUT2D eigenvalue weighted by Gasteiger charge is -2.22. The van der Waals surface area contributed by atoms with Gasteiger partial charge in [0.05, 0.1) is 0 Å². The van der Waals surface area contributed by atoms with E-state index >= 15 is 0 Å². The van der Waals surface area contributed by atoms with E-state index < -0.39 is 0 Å². The molecule has 0 saturated heterocycles. The molecule has 3 heteroatoms. The van der Waals surface area contributed by atoms with Gasteiger partial charge >= 0.3 is 5.97 Å². The minimum absolute atomic E-state index is 0.0321. The zero-order valence-corrected chi connectivity index (χ0v) is 11.7. The third-order valence-corrected chi connectivity index (χ3v) is 2.91. The van der Waals surface area contributed by atoms with E-state index in [0.717, 1.165) is 16.5 Å². The summed E-state index contributed by atoms with van der Waals surface area (Å²) in [4.78, 5) is 11.1. The molecule has 1 aromatic rings. The SMILES string of the molecule is CC(=O)Oc1cc(CBr)ccc1C(C)(C)C. The standard InChI is InChI=1S/C13H17BrO2/c1-9(15)16-12-7-10(8-14)5-6-11(12)13(2,3)4/h5-7H,8H2,1-4H3. The van der Waals surface area contributed by atoms with Gasteiger partial charge in [0, 0.05) is 17.8 Å². The molecule has 0 aromatic heterocycles. The molecule has 0 heterocycles. The maximum atomic E-state index is 11.1. The maximum absolute atomic E-state index is 11.1. The second-order valence-corrected chi connectivity index (χ2v) is 5.37. The van der Waals surface area contributed by atoms with Gasteiger partial charge in [-0.2, -0.15) is 0 Å². The summed E-state index contributed by atoms with van der Waals surface area (Å²) in [6.07, 6.45) is 0. The minimum Gasteiger partial charge on any atom is -0.426 e. The van der Waals surface area contributed by atoms with E-state index in [2.05, 4.69) is 36.7 Å². The normalized spacial score (nSPS) is 11.3. The van der Waals surface area contributed by atoms with Crippen LogP contribution in [0.5, 0.6) is 5.75 Å². The topological polar surface area (TPSA) is 26.3 Å². The van der Waals surface area contributed by atoms with Crippen molar-refractivity contribution in [3.05, 3.63) is 29.3 Å². The van der Waals surface area contributed by atoms with Crippen LogP contribution in [0.15, 0.2) is 18.2 Å². The molecule has 0 aliphatic heterocycles. The summed E-state index contributed by atoms with van der Waals surface area (Å²) in [5, 5.41) is 0.756. The molecule has 2 nitrogen and oxygen atoms in total. The summed E-state index contributed by atoms with van der Waals surface area (Å²) in [6.45, 7) is 7.72. The van der Waals surface area contributed by atoms with Crippen LogP contribution < -0.4 is 4.74 Å². The first-order valence-electron chi connectivity index (χ1n) is 5.22. The first-order valence-corrected chi connectivity index (χ1v) is 6.34. The van der Waals surface area contributed by atoms with Crippen LogP contribution in [-0.2, 0) is 15.5 Å². The first kappa shape index (κ1) is 13.2. The summed E-state index contributed by atoms with van der Waals surface area (Å²) >= 11 is 3.39. The van der Waals surface area contributed by atoms with Gasteiger partial charge in [-0.3, -0.25) is 4.79 Å². The smallest absolute Gasteiger partial charge is 0.308 e. The summed E-state index contributed by atoms with van der Waals surface area (Å²) in [5.41, 5.74) is 2.12. The zero-order valence-electron chi connectivity index (χ0n) is 10.1. The molecule has 0 fully saturated rings. The van der Waals surface area contributed by atoms with Crippen LogP contribution in [0, 0.1) is 0 Å². The Balaban J connectivity index is 3.21. The molecule has 0 saturated carbocycles. The van der Waals surface area contributed by atoms with E-state index in [0.29, 0.717) is 5.75 Å². The number of alkyl halides is 1. The molecule has 1 aromatic carbocycles. The van der Waals surface area contributed by atoms with E-state index in [1.165, 1.54) is 6.92 Å². The van der Waals surface area contributed by atoms with Crippen molar-refractivity contribution in [2.75, 3.05) is 0 Å². The van der Waals surface area contributed by atoms with Crippen LogP contribution in [0.2, 0.25) is 0 Å². The Morgan fingerprint density at radius 3 is 2.44 bits per heavy atom. The van der Waals surface area contributed by atoms with E-state index in [9.17, 15) is 4.79 Å². The second kappa shape index (κ2) is 5.00. The monoisotopic (exact) mass is 284 g/mol. The summed E-state index contributed by atoms with van der Waals surface area (Å²) in [5.74, 6) is 0.383. The Hall–Kier alpha value is -0.830. The van der Waals surface area contributed by atoms with Crippen LogP contribution in [0.3, 0.4) is 0 Å². The third kappa shape index (κ3) is 3.34. The Labute approximate surface area is 105 Å². The molecule has 0 spiro atoms. The van der Waals surface area contributed by atoms with Crippen molar-refractivity contribution < 1.29 is 9.53 Å². The minimum atomic E-state index is -0.280. The lowest BCUT2D eigenvalue weighted by molar-refractivity contribution is -0.131. The summed E-state index contributed by atoms with van der Waals surface area (Å²) in [6, 6.07) is 5.98. The van der Waals surface area contributed by atoms with Crippen LogP contribution in [0.25, 0.3) is 0 Å². The van der Waals surface area contributed by atoms with Gasteiger partial charge in [-0.05, 0) is 17.0 Å². The van der Waals surface area contributed by atoms with Crippen molar-refractivity contribution in [1.29, 1.82) is 0 Å². The van der Waals surface area contributed by atoms with E-state index in [4.69, 9.17) is 4.74 Å². The van der Waals surface area contributed by atoms with Gasteiger partial charge in [-0.15, -0.1) is 0 Å². The van der Waals surface area contributed by atoms with E-state index in [1.54, 1.807) is 0 Å². The number of benzene rings is 1. The van der Waals surface area contributed by atoms with Crippen molar-refractivity contribution in [2.24, 2.45) is 0 Å². The lowest BCUT2D eigenvalue weighted by atomic mass is 9.86. The molecular weight excluding hydrogens is 268 g/mol. The van der Waals surface area contributed by atoms with Crippen molar-refractivity contribution in [3.63, 3.8) is 0 Å². The maximum Gasteiger partial charge on any atom is 0.308 e. The Bertz CT molecular complexity index is 391. The van der Waals surface area contributed by atoms with Crippen molar-refractivity contribution >= 4 is 21.9 Å². The number of hydrogen-bond donors (Lipinski definition) is 0. The number of halogens is 1. The van der Waals surface area contributed by atoms with Gasteiger partial charge in [-0.25, -0.2) is 0 Å². The highest BCUT2D eigenvalue weighted by Crippen LogP contribution is 2.32. The van der Waals surface area contributed by atoms with Gasteiger partial charge in [0.25, 0.3) is 0 Å². The molecule has 0 bridgehead atoms.